The maximum absolute atomic E-state index is 6.28. The minimum absolute atomic E-state index is 0.486. The van der Waals surface area contributed by atoms with Crippen molar-refractivity contribution in [3.63, 3.8) is 0 Å². The summed E-state index contributed by atoms with van der Waals surface area (Å²) in [6, 6.07) is 0.486. The van der Waals surface area contributed by atoms with Gasteiger partial charge in [0, 0.05) is 6.04 Å². The summed E-state index contributed by atoms with van der Waals surface area (Å²) in [4.78, 5) is 0. The van der Waals surface area contributed by atoms with Gasteiger partial charge in [0.05, 0.1) is 0 Å². The van der Waals surface area contributed by atoms with Crippen molar-refractivity contribution >= 4 is 0 Å². The van der Waals surface area contributed by atoms with E-state index in [9.17, 15) is 0 Å². The summed E-state index contributed by atoms with van der Waals surface area (Å²) in [7, 11) is 0. The molecule has 1 aliphatic rings. The Morgan fingerprint density at radius 1 is 1.20 bits per heavy atom. The Kier molecular flexibility index (Phi) is 5.66. The Balaban J connectivity index is 2.14. The third-order valence-electron chi connectivity index (χ3n) is 4.08. The van der Waals surface area contributed by atoms with Crippen LogP contribution in [0.2, 0.25) is 0 Å². The van der Waals surface area contributed by atoms with Gasteiger partial charge in [0.1, 0.15) is 0 Å². The van der Waals surface area contributed by atoms with Crippen LogP contribution in [0.15, 0.2) is 0 Å². The first-order valence-electron chi connectivity index (χ1n) is 6.89. The fourth-order valence-corrected chi connectivity index (χ4v) is 2.87. The maximum atomic E-state index is 6.28. The largest absolute Gasteiger partial charge is 0.327 e. The molecule has 0 spiro atoms. The first-order valence-corrected chi connectivity index (χ1v) is 6.89. The first-order chi connectivity index (χ1) is 7.13. The summed E-state index contributed by atoms with van der Waals surface area (Å²) in [6.45, 7) is 6.92. The standard InChI is InChI=1S/C14H29N/c1-4-12-8-9-13(10-12)14(15)7-5-6-11(2)3/h11-14H,4-10,15H2,1-3H3. The molecule has 3 unspecified atom stereocenters. The molecule has 1 heteroatoms. The van der Waals surface area contributed by atoms with Crippen molar-refractivity contribution in [1.82, 2.24) is 0 Å². The van der Waals surface area contributed by atoms with Gasteiger partial charge in [-0.1, -0.05) is 46.5 Å². The summed E-state index contributed by atoms with van der Waals surface area (Å²) < 4.78 is 0. The van der Waals surface area contributed by atoms with Gasteiger partial charge in [-0.05, 0) is 37.0 Å². The van der Waals surface area contributed by atoms with Crippen molar-refractivity contribution in [2.45, 2.75) is 71.8 Å². The third kappa shape index (κ3) is 4.55. The second-order valence-corrected chi connectivity index (χ2v) is 5.84. The number of rotatable bonds is 6. The summed E-state index contributed by atoms with van der Waals surface area (Å²) >= 11 is 0. The van der Waals surface area contributed by atoms with Gasteiger partial charge in [-0.25, -0.2) is 0 Å². The van der Waals surface area contributed by atoms with E-state index >= 15 is 0 Å². The highest BCUT2D eigenvalue weighted by molar-refractivity contribution is 4.82. The number of hydrogen-bond acceptors (Lipinski definition) is 1. The van der Waals surface area contributed by atoms with Crippen LogP contribution in [0.1, 0.15) is 65.7 Å². The van der Waals surface area contributed by atoms with E-state index in [0.29, 0.717) is 6.04 Å². The van der Waals surface area contributed by atoms with Crippen molar-refractivity contribution < 1.29 is 0 Å². The van der Waals surface area contributed by atoms with Crippen LogP contribution in [0.4, 0.5) is 0 Å². The fourth-order valence-electron chi connectivity index (χ4n) is 2.87. The highest BCUT2D eigenvalue weighted by atomic mass is 14.7. The SMILES string of the molecule is CCC1CCC(C(N)CCCC(C)C)C1. The van der Waals surface area contributed by atoms with E-state index in [4.69, 9.17) is 5.73 Å². The van der Waals surface area contributed by atoms with Gasteiger partial charge in [0.15, 0.2) is 0 Å². The molecule has 0 aromatic heterocycles. The molecule has 90 valence electrons. The van der Waals surface area contributed by atoms with Crippen LogP contribution < -0.4 is 5.73 Å². The van der Waals surface area contributed by atoms with Crippen LogP contribution in [0.3, 0.4) is 0 Å². The molecule has 1 fully saturated rings. The number of nitrogens with two attached hydrogens (primary N) is 1. The predicted molar refractivity (Wildman–Crippen MR) is 67.8 cm³/mol. The molecular formula is C14H29N. The van der Waals surface area contributed by atoms with Crippen molar-refractivity contribution in [1.29, 1.82) is 0 Å². The highest BCUT2D eigenvalue weighted by Gasteiger charge is 2.27. The van der Waals surface area contributed by atoms with Crippen LogP contribution in [0.5, 0.6) is 0 Å². The van der Waals surface area contributed by atoms with Crippen molar-refractivity contribution in [3.05, 3.63) is 0 Å². The van der Waals surface area contributed by atoms with Crippen LogP contribution in [-0.4, -0.2) is 6.04 Å². The van der Waals surface area contributed by atoms with Crippen LogP contribution in [0, 0.1) is 17.8 Å². The Bertz CT molecular complexity index is 165. The third-order valence-corrected chi connectivity index (χ3v) is 4.08. The highest BCUT2D eigenvalue weighted by Crippen LogP contribution is 2.35. The van der Waals surface area contributed by atoms with E-state index in [2.05, 4.69) is 20.8 Å². The zero-order valence-electron chi connectivity index (χ0n) is 10.8. The molecule has 0 aromatic rings. The fraction of sp³-hybridized carbons (Fsp3) is 1.00. The molecule has 0 aliphatic heterocycles. The quantitative estimate of drug-likeness (QED) is 0.707. The van der Waals surface area contributed by atoms with E-state index in [1.165, 1.54) is 44.9 Å². The molecule has 15 heavy (non-hydrogen) atoms. The Hall–Kier alpha value is -0.0400. The molecule has 0 aromatic carbocycles. The topological polar surface area (TPSA) is 26.0 Å². The van der Waals surface area contributed by atoms with Gasteiger partial charge in [0.25, 0.3) is 0 Å². The first kappa shape index (κ1) is 13.0. The van der Waals surface area contributed by atoms with Gasteiger partial charge in [-0.2, -0.15) is 0 Å². The van der Waals surface area contributed by atoms with Gasteiger partial charge in [-0.3, -0.25) is 0 Å². The average molecular weight is 211 g/mol. The predicted octanol–water partition coefficient (Wildman–Crippen LogP) is 3.97. The molecule has 1 nitrogen and oxygen atoms in total. The van der Waals surface area contributed by atoms with E-state index < -0.39 is 0 Å². The molecule has 0 radical (unpaired) electrons. The van der Waals surface area contributed by atoms with E-state index in [0.717, 1.165) is 17.8 Å². The Labute approximate surface area is 95.8 Å². The molecule has 2 N–H and O–H groups in total. The summed E-state index contributed by atoms with van der Waals surface area (Å²) in [5, 5.41) is 0. The van der Waals surface area contributed by atoms with Crippen LogP contribution >= 0.6 is 0 Å². The van der Waals surface area contributed by atoms with Crippen LogP contribution in [0.25, 0.3) is 0 Å². The summed E-state index contributed by atoms with van der Waals surface area (Å²) in [5.74, 6) is 2.65. The zero-order chi connectivity index (χ0) is 11.3. The summed E-state index contributed by atoms with van der Waals surface area (Å²) in [5.41, 5.74) is 6.28. The van der Waals surface area contributed by atoms with Gasteiger partial charge < -0.3 is 5.73 Å². The van der Waals surface area contributed by atoms with E-state index in [1.54, 1.807) is 0 Å². The lowest BCUT2D eigenvalue weighted by molar-refractivity contribution is 0.372. The van der Waals surface area contributed by atoms with Crippen molar-refractivity contribution in [3.8, 4) is 0 Å². The molecule has 0 bridgehead atoms. The molecule has 1 rings (SSSR count). The lowest BCUT2D eigenvalue weighted by atomic mass is 9.92. The van der Waals surface area contributed by atoms with E-state index in [1.807, 2.05) is 0 Å². The number of hydrogen-bond donors (Lipinski definition) is 1. The minimum atomic E-state index is 0.486. The van der Waals surface area contributed by atoms with Gasteiger partial charge in [0.2, 0.25) is 0 Å². The minimum Gasteiger partial charge on any atom is -0.327 e. The smallest absolute Gasteiger partial charge is 0.00672 e. The van der Waals surface area contributed by atoms with E-state index in [-0.39, 0.29) is 0 Å². The normalized spacial score (nSPS) is 28.6. The lowest BCUT2D eigenvalue weighted by Crippen LogP contribution is -2.28. The van der Waals surface area contributed by atoms with Crippen LogP contribution in [-0.2, 0) is 0 Å². The van der Waals surface area contributed by atoms with Gasteiger partial charge >= 0.3 is 0 Å². The molecular weight excluding hydrogens is 182 g/mol. The maximum Gasteiger partial charge on any atom is 0.00672 e. The second kappa shape index (κ2) is 6.52. The van der Waals surface area contributed by atoms with Gasteiger partial charge in [-0.15, -0.1) is 0 Å². The molecule has 0 amide bonds. The van der Waals surface area contributed by atoms with Crippen molar-refractivity contribution in [2.75, 3.05) is 0 Å². The molecule has 1 saturated carbocycles. The second-order valence-electron chi connectivity index (χ2n) is 5.84. The molecule has 1 aliphatic carbocycles. The Morgan fingerprint density at radius 3 is 2.47 bits per heavy atom. The molecule has 0 heterocycles. The zero-order valence-corrected chi connectivity index (χ0v) is 10.8. The molecule has 0 saturated heterocycles. The van der Waals surface area contributed by atoms with Crippen molar-refractivity contribution in [2.24, 2.45) is 23.5 Å². The monoisotopic (exact) mass is 211 g/mol. The summed E-state index contributed by atoms with van der Waals surface area (Å²) in [6.07, 6.45) is 9.50. The average Bonchev–Trinajstić information content (AvgIpc) is 2.65. The Morgan fingerprint density at radius 2 is 1.93 bits per heavy atom. The molecule has 3 atom stereocenters. The lowest BCUT2D eigenvalue weighted by Gasteiger charge is -2.19.